The van der Waals surface area contributed by atoms with Crippen molar-refractivity contribution in [2.45, 2.75) is 32.7 Å². The van der Waals surface area contributed by atoms with Crippen LogP contribution in [0.4, 0.5) is 0 Å². The van der Waals surface area contributed by atoms with Gasteiger partial charge in [0.2, 0.25) is 0 Å². The van der Waals surface area contributed by atoms with Gasteiger partial charge in [0.15, 0.2) is 0 Å². The minimum atomic E-state index is 0.114. The minimum Gasteiger partial charge on any atom is -0.327 e. The summed E-state index contributed by atoms with van der Waals surface area (Å²) in [5, 5.41) is 7.51. The number of nitrogens with two attached hydrogens (primary N) is 1. The van der Waals surface area contributed by atoms with E-state index < -0.39 is 0 Å². The van der Waals surface area contributed by atoms with Gasteiger partial charge in [-0.1, -0.05) is 0 Å². The Balaban J connectivity index is 2.05. The second-order valence-corrected chi connectivity index (χ2v) is 5.35. The quantitative estimate of drug-likeness (QED) is 0.897. The Morgan fingerprint density at radius 3 is 2.71 bits per heavy atom. The number of aromatic nitrogens is 3. The Morgan fingerprint density at radius 2 is 2.18 bits per heavy atom. The summed E-state index contributed by atoms with van der Waals surface area (Å²) < 4.78 is 1.92. The lowest BCUT2D eigenvalue weighted by Gasteiger charge is -2.10. The lowest BCUT2D eigenvalue weighted by molar-refractivity contribution is 0.656. The van der Waals surface area contributed by atoms with Gasteiger partial charge in [-0.25, -0.2) is 4.98 Å². The van der Waals surface area contributed by atoms with Crippen molar-refractivity contribution in [3.63, 3.8) is 0 Å². The molecule has 0 aromatic carbocycles. The zero-order chi connectivity index (χ0) is 12.4. The molecule has 2 heterocycles. The van der Waals surface area contributed by atoms with Gasteiger partial charge in [-0.2, -0.15) is 5.10 Å². The van der Waals surface area contributed by atoms with Crippen LogP contribution in [0.2, 0.25) is 0 Å². The highest BCUT2D eigenvalue weighted by molar-refractivity contribution is 7.09. The van der Waals surface area contributed by atoms with Gasteiger partial charge in [0.1, 0.15) is 0 Å². The molecule has 5 heteroatoms. The third-order valence-corrected chi connectivity index (χ3v) is 3.85. The van der Waals surface area contributed by atoms with Crippen molar-refractivity contribution in [2.75, 3.05) is 0 Å². The number of rotatable bonds is 4. The van der Waals surface area contributed by atoms with Gasteiger partial charge in [0.05, 0.1) is 10.7 Å². The average molecular weight is 250 g/mol. The highest BCUT2D eigenvalue weighted by Crippen LogP contribution is 2.15. The van der Waals surface area contributed by atoms with Gasteiger partial charge < -0.3 is 5.73 Å². The molecule has 0 spiro atoms. The van der Waals surface area contributed by atoms with Gasteiger partial charge >= 0.3 is 0 Å². The number of hydrogen-bond donors (Lipinski definition) is 1. The zero-order valence-electron chi connectivity index (χ0n) is 10.5. The standard InChI is InChI=1S/C12H18N4S/c1-8-11(9(2)16(3)15-8)6-10(13)7-12-14-4-5-17-12/h4-5,10H,6-7,13H2,1-3H3. The van der Waals surface area contributed by atoms with E-state index in [0.717, 1.165) is 23.5 Å². The molecule has 0 fully saturated rings. The van der Waals surface area contributed by atoms with Crippen LogP contribution in [-0.2, 0) is 19.9 Å². The van der Waals surface area contributed by atoms with E-state index in [1.807, 2.05) is 30.2 Å². The summed E-state index contributed by atoms with van der Waals surface area (Å²) in [6.45, 7) is 4.13. The molecule has 92 valence electrons. The summed E-state index contributed by atoms with van der Waals surface area (Å²) in [6, 6.07) is 0.114. The summed E-state index contributed by atoms with van der Waals surface area (Å²) in [4.78, 5) is 4.27. The van der Waals surface area contributed by atoms with Crippen LogP contribution < -0.4 is 5.73 Å². The van der Waals surface area contributed by atoms with Crippen LogP contribution in [0.15, 0.2) is 11.6 Å². The van der Waals surface area contributed by atoms with Crippen LogP contribution in [0.25, 0.3) is 0 Å². The molecule has 2 N–H and O–H groups in total. The maximum Gasteiger partial charge on any atom is 0.0940 e. The van der Waals surface area contributed by atoms with Crippen molar-refractivity contribution in [1.29, 1.82) is 0 Å². The second-order valence-electron chi connectivity index (χ2n) is 4.37. The Bertz CT molecular complexity index is 487. The van der Waals surface area contributed by atoms with E-state index in [1.54, 1.807) is 11.3 Å². The van der Waals surface area contributed by atoms with Crippen molar-refractivity contribution < 1.29 is 0 Å². The predicted octanol–water partition coefficient (Wildman–Crippen LogP) is 1.61. The second kappa shape index (κ2) is 4.98. The SMILES string of the molecule is Cc1nn(C)c(C)c1CC(N)Cc1nccs1. The third-order valence-electron chi connectivity index (χ3n) is 3.05. The number of hydrogen-bond acceptors (Lipinski definition) is 4. The molecular weight excluding hydrogens is 232 g/mol. The molecule has 0 aliphatic heterocycles. The molecule has 0 saturated carbocycles. The van der Waals surface area contributed by atoms with E-state index in [0.29, 0.717) is 0 Å². The van der Waals surface area contributed by atoms with Crippen LogP contribution in [0.5, 0.6) is 0 Å². The molecule has 17 heavy (non-hydrogen) atoms. The number of thiazole rings is 1. The average Bonchev–Trinajstić information content (AvgIpc) is 2.83. The van der Waals surface area contributed by atoms with Crippen molar-refractivity contribution in [3.05, 3.63) is 33.5 Å². The van der Waals surface area contributed by atoms with Gasteiger partial charge in [-0.05, 0) is 25.8 Å². The smallest absolute Gasteiger partial charge is 0.0940 e. The Labute approximate surface area is 105 Å². The van der Waals surface area contributed by atoms with E-state index in [4.69, 9.17) is 5.73 Å². The molecular formula is C12H18N4S. The maximum absolute atomic E-state index is 6.17. The maximum atomic E-state index is 6.17. The molecule has 0 bridgehead atoms. The molecule has 0 radical (unpaired) electrons. The van der Waals surface area contributed by atoms with Gasteiger partial charge in [-0.3, -0.25) is 4.68 Å². The largest absolute Gasteiger partial charge is 0.327 e. The molecule has 2 aromatic rings. The van der Waals surface area contributed by atoms with Crippen LogP contribution in [0.3, 0.4) is 0 Å². The fraction of sp³-hybridized carbons (Fsp3) is 0.500. The van der Waals surface area contributed by atoms with Gasteiger partial charge in [0, 0.05) is 36.8 Å². The lowest BCUT2D eigenvalue weighted by atomic mass is 10.0. The van der Waals surface area contributed by atoms with E-state index >= 15 is 0 Å². The third kappa shape index (κ3) is 2.73. The fourth-order valence-electron chi connectivity index (χ4n) is 2.03. The minimum absolute atomic E-state index is 0.114. The van der Waals surface area contributed by atoms with Gasteiger partial charge in [-0.15, -0.1) is 11.3 Å². The first-order valence-electron chi connectivity index (χ1n) is 5.71. The normalized spacial score (nSPS) is 12.9. The topological polar surface area (TPSA) is 56.7 Å². The van der Waals surface area contributed by atoms with Crippen molar-refractivity contribution in [3.8, 4) is 0 Å². The molecule has 2 rings (SSSR count). The molecule has 1 unspecified atom stereocenters. The zero-order valence-corrected chi connectivity index (χ0v) is 11.3. The summed E-state index contributed by atoms with van der Waals surface area (Å²) in [5.41, 5.74) is 9.74. The highest BCUT2D eigenvalue weighted by Gasteiger charge is 2.14. The van der Waals surface area contributed by atoms with E-state index in [9.17, 15) is 0 Å². The monoisotopic (exact) mass is 250 g/mol. The Hall–Kier alpha value is -1.20. The fourth-order valence-corrected chi connectivity index (χ4v) is 2.74. The first kappa shape index (κ1) is 12.3. The van der Waals surface area contributed by atoms with Crippen LogP contribution in [0.1, 0.15) is 22.0 Å². The number of aryl methyl sites for hydroxylation is 2. The van der Waals surface area contributed by atoms with Crippen molar-refractivity contribution >= 4 is 11.3 Å². The molecule has 4 nitrogen and oxygen atoms in total. The van der Waals surface area contributed by atoms with Crippen LogP contribution in [-0.4, -0.2) is 20.8 Å². The van der Waals surface area contributed by atoms with Crippen LogP contribution >= 0.6 is 11.3 Å². The van der Waals surface area contributed by atoms with E-state index in [2.05, 4.69) is 17.0 Å². The van der Waals surface area contributed by atoms with Gasteiger partial charge in [0.25, 0.3) is 0 Å². The first-order valence-corrected chi connectivity index (χ1v) is 6.59. The predicted molar refractivity (Wildman–Crippen MR) is 70.2 cm³/mol. The summed E-state index contributed by atoms with van der Waals surface area (Å²) in [5.74, 6) is 0. The molecule has 1 atom stereocenters. The molecule has 0 saturated heterocycles. The number of nitrogens with zero attached hydrogens (tertiary/aromatic N) is 3. The van der Waals surface area contributed by atoms with E-state index in [-0.39, 0.29) is 6.04 Å². The molecule has 2 aromatic heterocycles. The van der Waals surface area contributed by atoms with Crippen molar-refractivity contribution in [2.24, 2.45) is 12.8 Å². The summed E-state index contributed by atoms with van der Waals surface area (Å²) >= 11 is 1.66. The molecule has 0 amide bonds. The van der Waals surface area contributed by atoms with Crippen molar-refractivity contribution in [1.82, 2.24) is 14.8 Å². The Kier molecular flexibility index (Phi) is 3.59. The summed E-state index contributed by atoms with van der Waals surface area (Å²) in [7, 11) is 1.97. The van der Waals surface area contributed by atoms with E-state index in [1.165, 1.54) is 11.3 Å². The summed E-state index contributed by atoms with van der Waals surface area (Å²) in [6.07, 6.45) is 3.53. The lowest BCUT2D eigenvalue weighted by Crippen LogP contribution is -2.26. The van der Waals surface area contributed by atoms with Crippen LogP contribution in [0, 0.1) is 13.8 Å². The molecule has 0 aliphatic rings. The first-order chi connectivity index (χ1) is 8.08. The highest BCUT2D eigenvalue weighted by atomic mass is 32.1. The Morgan fingerprint density at radius 1 is 1.41 bits per heavy atom. The molecule has 0 aliphatic carbocycles.